The van der Waals surface area contributed by atoms with Crippen LogP contribution in [-0.4, -0.2) is 15.0 Å². The first-order valence-corrected chi connectivity index (χ1v) is 21.1. The van der Waals surface area contributed by atoms with Crippen molar-refractivity contribution in [1.82, 2.24) is 15.0 Å². The van der Waals surface area contributed by atoms with Crippen LogP contribution in [0, 0.1) is 5.92 Å². The molecule has 2 atom stereocenters. The fourth-order valence-corrected chi connectivity index (χ4v) is 11.6. The van der Waals surface area contributed by atoms with E-state index < -0.39 is 0 Å². The summed E-state index contributed by atoms with van der Waals surface area (Å²) in [7, 11) is 0. The number of thioether (sulfide) groups is 1. The zero-order valence-electron chi connectivity index (χ0n) is 30.7. The van der Waals surface area contributed by atoms with Crippen LogP contribution in [0.5, 0.6) is 0 Å². The van der Waals surface area contributed by atoms with E-state index >= 15 is 0 Å². The number of rotatable bonds is 5. The van der Waals surface area contributed by atoms with Gasteiger partial charge in [-0.1, -0.05) is 145 Å². The fourth-order valence-electron chi connectivity index (χ4n) is 8.92. The summed E-state index contributed by atoms with van der Waals surface area (Å²) in [5, 5.41) is 4.90. The number of hydrogen-bond acceptors (Lipinski definition) is 6. The number of para-hydroxylation sites is 1. The highest BCUT2D eigenvalue weighted by Gasteiger charge is 2.36. The number of thiophene rings is 1. The van der Waals surface area contributed by atoms with E-state index in [2.05, 4.69) is 121 Å². The van der Waals surface area contributed by atoms with Crippen LogP contribution in [0.15, 0.2) is 171 Å². The highest BCUT2D eigenvalue weighted by Crippen LogP contribution is 2.57. The van der Waals surface area contributed by atoms with Crippen molar-refractivity contribution < 1.29 is 4.42 Å². The summed E-state index contributed by atoms with van der Waals surface area (Å²) in [6.07, 6.45) is 9.43. The SMILES string of the molecule is C1=C(c2ccc3c(c2)oc2ccccc23)CC2C(=C1C1C=c3sc4c(-c5nc(-c6ccccc6)nc(-c6ccccc6)n5)cccc4c3=CC1)Sc1ccccc12. The summed E-state index contributed by atoms with van der Waals surface area (Å²) in [5.74, 6) is 2.64. The van der Waals surface area contributed by atoms with E-state index in [-0.39, 0.29) is 5.92 Å². The van der Waals surface area contributed by atoms with E-state index in [9.17, 15) is 0 Å². The summed E-state index contributed by atoms with van der Waals surface area (Å²) < 4.78 is 8.89. The van der Waals surface area contributed by atoms with Crippen molar-refractivity contribution in [2.24, 2.45) is 5.92 Å². The van der Waals surface area contributed by atoms with Crippen LogP contribution in [-0.2, 0) is 0 Å². The minimum Gasteiger partial charge on any atom is -0.456 e. The molecule has 3 aromatic heterocycles. The van der Waals surface area contributed by atoms with Gasteiger partial charge in [0.15, 0.2) is 17.5 Å². The molecule has 12 rings (SSSR count). The second kappa shape index (κ2) is 13.1. The van der Waals surface area contributed by atoms with Crippen molar-refractivity contribution in [1.29, 1.82) is 0 Å². The van der Waals surface area contributed by atoms with Gasteiger partial charge < -0.3 is 4.42 Å². The summed E-state index contributed by atoms with van der Waals surface area (Å²) >= 11 is 3.83. The van der Waals surface area contributed by atoms with Gasteiger partial charge in [-0.15, -0.1) is 11.3 Å². The van der Waals surface area contributed by atoms with Gasteiger partial charge in [-0.25, -0.2) is 15.0 Å². The van der Waals surface area contributed by atoms with E-state index in [1.807, 2.05) is 65.6 Å². The second-order valence-corrected chi connectivity index (χ2v) is 17.1. The Morgan fingerprint density at radius 2 is 1.30 bits per heavy atom. The van der Waals surface area contributed by atoms with Crippen molar-refractivity contribution >= 4 is 72.8 Å². The van der Waals surface area contributed by atoms with E-state index in [0.717, 1.165) is 40.7 Å². The van der Waals surface area contributed by atoms with Crippen molar-refractivity contribution in [3.05, 3.63) is 183 Å². The predicted octanol–water partition coefficient (Wildman–Crippen LogP) is 12.2. The minimum absolute atomic E-state index is 0.255. The summed E-state index contributed by atoms with van der Waals surface area (Å²) in [6, 6.07) is 51.1. The average molecular weight is 768 g/mol. The lowest BCUT2D eigenvalue weighted by molar-refractivity contribution is 0.668. The number of nitrogens with zero attached hydrogens (tertiary/aromatic N) is 3. The Hall–Kier alpha value is -6.34. The maximum atomic E-state index is 6.37. The van der Waals surface area contributed by atoms with Gasteiger partial charge in [0, 0.05) is 63.7 Å². The number of hydrogen-bond donors (Lipinski definition) is 0. The van der Waals surface area contributed by atoms with Gasteiger partial charge in [0.05, 0.1) is 0 Å². The minimum atomic E-state index is 0.255. The third-order valence-corrected chi connectivity index (χ3v) is 14.2. The molecule has 6 aromatic carbocycles. The molecule has 0 amide bonds. The molecule has 6 heteroatoms. The molecule has 0 radical (unpaired) electrons. The quantitative estimate of drug-likeness (QED) is 0.175. The molecule has 0 bridgehead atoms. The lowest BCUT2D eigenvalue weighted by atomic mass is 9.78. The van der Waals surface area contributed by atoms with Crippen LogP contribution >= 0.6 is 23.1 Å². The van der Waals surface area contributed by atoms with Gasteiger partial charge >= 0.3 is 0 Å². The van der Waals surface area contributed by atoms with Crippen LogP contribution < -0.4 is 9.75 Å². The Morgan fingerprint density at radius 3 is 2.12 bits per heavy atom. The molecule has 2 unspecified atom stereocenters. The molecule has 0 N–H and O–H groups in total. The monoisotopic (exact) mass is 767 g/mol. The molecule has 0 saturated carbocycles. The Balaban J connectivity index is 0.989. The molecule has 4 heterocycles. The summed E-state index contributed by atoms with van der Waals surface area (Å²) in [4.78, 5) is 18.0. The zero-order valence-corrected chi connectivity index (χ0v) is 32.4. The van der Waals surface area contributed by atoms with E-state index in [1.54, 1.807) is 0 Å². The highest BCUT2D eigenvalue weighted by atomic mass is 32.2. The molecule has 270 valence electrons. The van der Waals surface area contributed by atoms with Crippen molar-refractivity contribution in [2.75, 3.05) is 0 Å². The summed E-state index contributed by atoms with van der Waals surface area (Å²) in [6.45, 7) is 0. The van der Waals surface area contributed by atoms with Crippen LogP contribution in [0.4, 0.5) is 0 Å². The Kier molecular flexibility index (Phi) is 7.57. The molecule has 3 aliphatic rings. The first kappa shape index (κ1) is 32.9. The van der Waals surface area contributed by atoms with Gasteiger partial charge in [-0.05, 0) is 70.7 Å². The number of allylic oxidation sites excluding steroid dienone is 4. The molecule has 0 saturated heterocycles. The molecule has 0 spiro atoms. The molecule has 1 aliphatic heterocycles. The first-order chi connectivity index (χ1) is 28.2. The van der Waals surface area contributed by atoms with Crippen LogP contribution in [0.2, 0.25) is 0 Å². The van der Waals surface area contributed by atoms with E-state index in [4.69, 9.17) is 19.4 Å². The fraction of sp³-hybridized carbons (Fsp3) is 0.0784. The van der Waals surface area contributed by atoms with Crippen LogP contribution in [0.3, 0.4) is 0 Å². The molecule has 9 aromatic rings. The zero-order chi connectivity index (χ0) is 37.5. The third kappa shape index (κ3) is 5.47. The van der Waals surface area contributed by atoms with Crippen LogP contribution in [0.25, 0.3) is 83.9 Å². The normalized spacial score (nSPS) is 17.2. The largest absolute Gasteiger partial charge is 0.456 e. The third-order valence-electron chi connectivity index (χ3n) is 11.7. The Bertz CT molecular complexity index is 3230. The lowest BCUT2D eigenvalue weighted by Gasteiger charge is -2.27. The van der Waals surface area contributed by atoms with E-state index in [0.29, 0.717) is 23.4 Å². The molecule has 57 heavy (non-hydrogen) atoms. The van der Waals surface area contributed by atoms with Gasteiger partial charge in [-0.3, -0.25) is 0 Å². The number of benzene rings is 6. The molecular weight excluding hydrogens is 735 g/mol. The summed E-state index contributed by atoms with van der Waals surface area (Å²) in [5.41, 5.74) is 10.3. The van der Waals surface area contributed by atoms with Gasteiger partial charge in [0.25, 0.3) is 0 Å². The smallest absolute Gasteiger partial charge is 0.165 e. The van der Waals surface area contributed by atoms with E-state index in [1.165, 1.54) is 62.7 Å². The number of fused-ring (bicyclic) bond motifs is 9. The molecule has 0 fully saturated rings. The first-order valence-electron chi connectivity index (χ1n) is 19.5. The second-order valence-electron chi connectivity index (χ2n) is 15.0. The van der Waals surface area contributed by atoms with Crippen LogP contribution in [0.1, 0.15) is 29.9 Å². The number of furan rings is 1. The molecular formula is C51H33N3OS2. The lowest BCUT2D eigenvalue weighted by Crippen LogP contribution is -2.25. The molecule has 4 nitrogen and oxygen atoms in total. The highest BCUT2D eigenvalue weighted by molar-refractivity contribution is 8.03. The van der Waals surface area contributed by atoms with Crippen molar-refractivity contribution in [2.45, 2.75) is 23.7 Å². The number of aromatic nitrogens is 3. The Morgan fingerprint density at radius 1 is 0.596 bits per heavy atom. The molecule has 2 aliphatic carbocycles. The maximum Gasteiger partial charge on any atom is 0.165 e. The van der Waals surface area contributed by atoms with Crippen molar-refractivity contribution in [3.63, 3.8) is 0 Å². The van der Waals surface area contributed by atoms with Gasteiger partial charge in [0.1, 0.15) is 11.2 Å². The average Bonchev–Trinajstić information content (AvgIpc) is 3.97. The van der Waals surface area contributed by atoms with Gasteiger partial charge in [-0.2, -0.15) is 0 Å². The van der Waals surface area contributed by atoms with Gasteiger partial charge in [0.2, 0.25) is 0 Å². The standard InChI is InChI=1S/C51H33N3OS2/c1-3-12-30(13-4-1)49-52-50(31-14-5-2-6-15-31)54-51(53-49)40-19-11-18-39-38-25-23-33(29-46(38)57-47(39)40)41-26-34(27-42-37-17-8-10-21-45(37)56-48(41)42)32-22-24-36-35-16-7-9-20-43(35)55-44(36)28-32/h1-22,24-26,28-29,33,42H,23,27H2. The van der Waals surface area contributed by atoms with Crippen molar-refractivity contribution in [3.8, 4) is 34.2 Å². The topological polar surface area (TPSA) is 51.8 Å². The maximum absolute atomic E-state index is 6.37. The Labute approximate surface area is 337 Å². The predicted molar refractivity (Wildman–Crippen MR) is 236 cm³/mol.